The molecule has 0 amide bonds. The minimum absolute atomic E-state index is 0.0438. The van der Waals surface area contributed by atoms with E-state index < -0.39 is 0 Å². The van der Waals surface area contributed by atoms with Gasteiger partial charge in [0.1, 0.15) is 11.5 Å². The van der Waals surface area contributed by atoms with E-state index in [-0.39, 0.29) is 5.41 Å². The van der Waals surface area contributed by atoms with Crippen molar-refractivity contribution in [2.45, 2.75) is 72.6 Å². The van der Waals surface area contributed by atoms with Crippen molar-refractivity contribution < 1.29 is 10.2 Å². The third-order valence-electron chi connectivity index (χ3n) is 6.91. The van der Waals surface area contributed by atoms with Gasteiger partial charge in [-0.2, -0.15) is 0 Å². The van der Waals surface area contributed by atoms with Crippen LogP contribution in [0.5, 0.6) is 11.5 Å². The summed E-state index contributed by atoms with van der Waals surface area (Å²) in [6.45, 7) is 12.6. The van der Waals surface area contributed by atoms with Gasteiger partial charge >= 0.3 is 0 Å². The van der Waals surface area contributed by atoms with Gasteiger partial charge in [-0.25, -0.2) is 0 Å². The van der Waals surface area contributed by atoms with Gasteiger partial charge in [-0.15, -0.1) is 0 Å². The maximum atomic E-state index is 10.3. The van der Waals surface area contributed by atoms with Gasteiger partial charge in [0, 0.05) is 5.41 Å². The van der Waals surface area contributed by atoms with Crippen LogP contribution in [0, 0.1) is 39.5 Å². The van der Waals surface area contributed by atoms with Crippen molar-refractivity contribution in [3.8, 4) is 11.5 Å². The Morgan fingerprint density at radius 3 is 1.37 bits per heavy atom. The average Bonchev–Trinajstić information content (AvgIpc) is 2.63. The molecule has 1 saturated carbocycles. The number of aromatic hydroxyl groups is 2. The minimum atomic E-state index is -0.0438. The van der Waals surface area contributed by atoms with Gasteiger partial charge in [-0.05, 0) is 98.6 Å². The van der Waals surface area contributed by atoms with Gasteiger partial charge in [0.2, 0.25) is 0 Å². The predicted octanol–water partition coefficient (Wildman–Crippen LogP) is 6.46. The van der Waals surface area contributed by atoms with Crippen LogP contribution in [0.2, 0.25) is 0 Å². The van der Waals surface area contributed by atoms with Crippen LogP contribution in [0.25, 0.3) is 0 Å². The van der Waals surface area contributed by atoms with Gasteiger partial charge in [0.15, 0.2) is 0 Å². The van der Waals surface area contributed by atoms with E-state index in [1.54, 1.807) is 0 Å². The molecule has 2 aromatic rings. The lowest BCUT2D eigenvalue weighted by Crippen LogP contribution is -2.34. The molecule has 0 heterocycles. The first kappa shape index (κ1) is 19.8. The van der Waals surface area contributed by atoms with Crippen LogP contribution >= 0.6 is 0 Å². The number of rotatable bonds is 3. The summed E-state index contributed by atoms with van der Waals surface area (Å²) in [6, 6.07) is 8.70. The third kappa shape index (κ3) is 3.47. The number of hydrogen-bond acceptors (Lipinski definition) is 2. The van der Waals surface area contributed by atoms with Crippen LogP contribution in [-0.2, 0) is 5.41 Å². The molecule has 2 nitrogen and oxygen atoms in total. The normalized spacial score (nSPS) is 17.4. The molecular weight excluding hydrogens is 332 g/mol. The molecule has 1 fully saturated rings. The summed E-state index contributed by atoms with van der Waals surface area (Å²) in [4.78, 5) is 0. The standard InChI is InChI=1S/C25H34O2/c1-15(2)20-7-9-25(10-8-20,21-11-16(3)23(26)17(4)12-21)22-13-18(5)24(27)19(6)14-22/h11-15,20,26-27H,7-10H2,1-6H3. The molecule has 0 aliphatic heterocycles. The first-order valence-electron chi connectivity index (χ1n) is 10.3. The van der Waals surface area contributed by atoms with E-state index in [0.717, 1.165) is 46.9 Å². The predicted molar refractivity (Wildman–Crippen MR) is 113 cm³/mol. The molecule has 0 radical (unpaired) electrons. The maximum absolute atomic E-state index is 10.3. The summed E-state index contributed by atoms with van der Waals surface area (Å²) in [5.41, 5.74) is 6.36. The fraction of sp³-hybridized carbons (Fsp3) is 0.520. The lowest BCUT2D eigenvalue weighted by molar-refractivity contribution is 0.217. The van der Waals surface area contributed by atoms with Gasteiger partial charge in [-0.3, -0.25) is 0 Å². The quantitative estimate of drug-likeness (QED) is 0.654. The van der Waals surface area contributed by atoms with Crippen LogP contribution in [0.4, 0.5) is 0 Å². The highest BCUT2D eigenvalue weighted by Gasteiger charge is 2.40. The zero-order valence-electron chi connectivity index (χ0n) is 17.7. The Hall–Kier alpha value is -1.96. The van der Waals surface area contributed by atoms with Crippen molar-refractivity contribution >= 4 is 0 Å². The van der Waals surface area contributed by atoms with Crippen LogP contribution in [-0.4, -0.2) is 10.2 Å². The number of hydrogen-bond donors (Lipinski definition) is 2. The molecule has 27 heavy (non-hydrogen) atoms. The van der Waals surface area contributed by atoms with Gasteiger partial charge < -0.3 is 10.2 Å². The summed E-state index contributed by atoms with van der Waals surface area (Å²) in [7, 11) is 0. The minimum Gasteiger partial charge on any atom is -0.507 e. The molecule has 0 atom stereocenters. The summed E-state index contributed by atoms with van der Waals surface area (Å²) in [6.07, 6.45) is 4.66. The van der Waals surface area contributed by atoms with E-state index in [4.69, 9.17) is 0 Å². The first-order chi connectivity index (χ1) is 12.7. The van der Waals surface area contributed by atoms with E-state index in [9.17, 15) is 10.2 Å². The Kier molecular flexibility index (Phi) is 5.29. The highest BCUT2D eigenvalue weighted by Crippen LogP contribution is 2.49. The Balaban J connectivity index is 2.17. The second kappa shape index (κ2) is 7.22. The van der Waals surface area contributed by atoms with Crippen LogP contribution in [0.1, 0.15) is 72.9 Å². The fourth-order valence-corrected chi connectivity index (χ4v) is 5.01. The summed E-state index contributed by atoms with van der Waals surface area (Å²) >= 11 is 0. The largest absolute Gasteiger partial charge is 0.507 e. The maximum Gasteiger partial charge on any atom is 0.121 e. The van der Waals surface area contributed by atoms with Crippen LogP contribution in [0.3, 0.4) is 0 Å². The first-order valence-corrected chi connectivity index (χ1v) is 10.3. The summed E-state index contributed by atoms with van der Waals surface area (Å²) < 4.78 is 0. The Morgan fingerprint density at radius 2 is 1.07 bits per heavy atom. The Bertz CT molecular complexity index is 734. The molecule has 1 aliphatic rings. The van der Waals surface area contributed by atoms with E-state index in [2.05, 4.69) is 38.1 Å². The summed E-state index contributed by atoms with van der Waals surface area (Å²) in [5, 5.41) is 20.6. The number of phenolic OH excluding ortho intramolecular Hbond substituents is 2. The summed E-state index contributed by atoms with van der Waals surface area (Å²) in [5.74, 6) is 2.30. The molecule has 3 rings (SSSR count). The number of phenols is 2. The molecule has 1 aliphatic carbocycles. The van der Waals surface area contributed by atoms with Crippen molar-refractivity contribution in [1.29, 1.82) is 0 Å². The van der Waals surface area contributed by atoms with Crippen molar-refractivity contribution in [2.24, 2.45) is 11.8 Å². The zero-order chi connectivity index (χ0) is 19.9. The third-order valence-corrected chi connectivity index (χ3v) is 6.91. The molecular formula is C25H34O2. The molecule has 0 bridgehead atoms. The molecule has 2 aromatic carbocycles. The smallest absolute Gasteiger partial charge is 0.121 e. The lowest BCUT2D eigenvalue weighted by atomic mass is 9.61. The van der Waals surface area contributed by atoms with E-state index in [1.165, 1.54) is 24.0 Å². The Labute approximate surface area is 164 Å². The van der Waals surface area contributed by atoms with Gasteiger partial charge in [-0.1, -0.05) is 38.1 Å². The number of benzene rings is 2. The van der Waals surface area contributed by atoms with E-state index in [0.29, 0.717) is 11.5 Å². The Morgan fingerprint density at radius 1 is 0.741 bits per heavy atom. The average molecular weight is 367 g/mol. The van der Waals surface area contributed by atoms with E-state index >= 15 is 0 Å². The van der Waals surface area contributed by atoms with Gasteiger partial charge in [0.05, 0.1) is 0 Å². The molecule has 0 unspecified atom stereocenters. The van der Waals surface area contributed by atoms with Crippen molar-refractivity contribution in [2.75, 3.05) is 0 Å². The number of aryl methyl sites for hydroxylation is 4. The monoisotopic (exact) mass is 366 g/mol. The zero-order valence-corrected chi connectivity index (χ0v) is 17.7. The topological polar surface area (TPSA) is 40.5 Å². The highest BCUT2D eigenvalue weighted by atomic mass is 16.3. The second-order valence-corrected chi connectivity index (χ2v) is 9.08. The SMILES string of the molecule is Cc1cc(C2(c3cc(C)c(O)c(C)c3)CCC(C(C)C)CC2)cc(C)c1O. The fourth-order valence-electron chi connectivity index (χ4n) is 5.01. The van der Waals surface area contributed by atoms with Crippen LogP contribution in [0.15, 0.2) is 24.3 Å². The van der Waals surface area contributed by atoms with Crippen LogP contribution < -0.4 is 0 Å². The molecule has 2 heteroatoms. The van der Waals surface area contributed by atoms with Crippen molar-refractivity contribution in [3.63, 3.8) is 0 Å². The molecule has 0 spiro atoms. The lowest BCUT2D eigenvalue weighted by Gasteiger charge is -2.43. The van der Waals surface area contributed by atoms with E-state index in [1.807, 2.05) is 27.7 Å². The van der Waals surface area contributed by atoms with Gasteiger partial charge in [0.25, 0.3) is 0 Å². The molecule has 146 valence electrons. The van der Waals surface area contributed by atoms with Crippen molar-refractivity contribution in [3.05, 3.63) is 57.6 Å². The molecule has 2 N–H and O–H groups in total. The molecule has 0 saturated heterocycles. The van der Waals surface area contributed by atoms with Crippen molar-refractivity contribution in [1.82, 2.24) is 0 Å². The second-order valence-electron chi connectivity index (χ2n) is 9.08. The molecule has 0 aromatic heterocycles. The highest BCUT2D eigenvalue weighted by molar-refractivity contribution is 5.52.